The number of ether oxygens (including phenoxy) is 1. The molecule has 0 spiro atoms. The first-order chi connectivity index (χ1) is 9.15. The van der Waals surface area contributed by atoms with Crippen molar-refractivity contribution >= 4 is 5.91 Å². The van der Waals surface area contributed by atoms with Crippen LogP contribution in [-0.2, 0) is 11.3 Å². The number of nitrogens with two attached hydrogens (primary N) is 1. The van der Waals surface area contributed by atoms with E-state index in [9.17, 15) is 4.79 Å². The number of piperidine rings is 1. The van der Waals surface area contributed by atoms with E-state index in [0.717, 1.165) is 18.7 Å². The Morgan fingerprint density at radius 3 is 3.11 bits per heavy atom. The van der Waals surface area contributed by atoms with E-state index in [4.69, 9.17) is 10.5 Å². The molecule has 0 aliphatic carbocycles. The van der Waals surface area contributed by atoms with Crippen molar-refractivity contribution in [2.75, 3.05) is 20.2 Å². The van der Waals surface area contributed by atoms with E-state index in [-0.39, 0.29) is 12.0 Å². The van der Waals surface area contributed by atoms with Gasteiger partial charge in [0.05, 0.1) is 11.8 Å². The van der Waals surface area contributed by atoms with E-state index in [1.54, 1.807) is 25.4 Å². The Balaban J connectivity index is 2.10. The monoisotopic (exact) mass is 263 g/mol. The lowest BCUT2D eigenvalue weighted by Crippen LogP contribution is -2.46. The average Bonchev–Trinajstić information content (AvgIpc) is 2.47. The largest absolute Gasteiger partial charge is 0.379 e. The van der Waals surface area contributed by atoms with Gasteiger partial charge in [0.1, 0.15) is 0 Å². The predicted molar refractivity (Wildman–Crippen MR) is 72.6 cm³/mol. The number of carbonyl (C=O) groups excluding carboxylic acids is 1. The summed E-state index contributed by atoms with van der Waals surface area (Å²) < 4.78 is 5.44. The van der Waals surface area contributed by atoms with E-state index in [1.807, 2.05) is 4.90 Å². The summed E-state index contributed by atoms with van der Waals surface area (Å²) in [5, 5.41) is 0. The third kappa shape index (κ3) is 3.11. The molecule has 5 heteroatoms. The van der Waals surface area contributed by atoms with Crippen molar-refractivity contribution in [3.8, 4) is 0 Å². The van der Waals surface area contributed by atoms with Gasteiger partial charge in [0, 0.05) is 38.5 Å². The number of amides is 1. The van der Waals surface area contributed by atoms with Crippen molar-refractivity contribution in [3.63, 3.8) is 0 Å². The van der Waals surface area contributed by atoms with Crippen LogP contribution in [0.5, 0.6) is 0 Å². The highest BCUT2D eigenvalue weighted by molar-refractivity contribution is 5.94. The molecule has 1 fully saturated rings. The van der Waals surface area contributed by atoms with E-state index in [1.165, 1.54) is 0 Å². The fraction of sp³-hybridized carbons (Fsp3) is 0.571. The van der Waals surface area contributed by atoms with Gasteiger partial charge in [0.25, 0.3) is 5.91 Å². The Morgan fingerprint density at radius 1 is 1.63 bits per heavy atom. The van der Waals surface area contributed by atoms with Gasteiger partial charge in [0.15, 0.2) is 0 Å². The summed E-state index contributed by atoms with van der Waals surface area (Å²) in [4.78, 5) is 18.4. The summed E-state index contributed by atoms with van der Waals surface area (Å²) >= 11 is 0. The normalized spacial score (nSPS) is 23.4. The molecule has 1 amide bonds. The van der Waals surface area contributed by atoms with Gasteiger partial charge in [0.2, 0.25) is 0 Å². The lowest BCUT2D eigenvalue weighted by atomic mass is 9.95. The van der Waals surface area contributed by atoms with Crippen molar-refractivity contribution in [2.45, 2.75) is 26.0 Å². The molecule has 2 rings (SSSR count). The molecule has 2 unspecified atom stereocenters. The zero-order valence-electron chi connectivity index (χ0n) is 11.5. The van der Waals surface area contributed by atoms with Crippen LogP contribution in [0.2, 0.25) is 0 Å². The molecule has 5 nitrogen and oxygen atoms in total. The van der Waals surface area contributed by atoms with Gasteiger partial charge in [-0.05, 0) is 24.5 Å². The van der Waals surface area contributed by atoms with Crippen LogP contribution in [-0.4, -0.2) is 42.1 Å². The number of methoxy groups -OCH3 is 1. The molecule has 2 atom stereocenters. The number of carbonyl (C=O) groups is 1. The maximum absolute atomic E-state index is 12.4. The molecule has 1 aromatic rings. The standard InChI is InChI=1S/C14H21N3O2/c1-10-4-6-17(9-13(10)19-2)14(18)11-3-5-16-12(7-11)8-15/h3,5,7,10,13H,4,6,8-9,15H2,1-2H3. The summed E-state index contributed by atoms with van der Waals surface area (Å²) in [5.74, 6) is 0.525. The van der Waals surface area contributed by atoms with Crippen molar-refractivity contribution in [1.82, 2.24) is 9.88 Å². The fourth-order valence-corrected chi connectivity index (χ4v) is 2.43. The summed E-state index contributed by atoms with van der Waals surface area (Å²) in [6.45, 7) is 3.94. The van der Waals surface area contributed by atoms with Gasteiger partial charge in [-0.25, -0.2) is 0 Å². The number of hydrogen-bond acceptors (Lipinski definition) is 4. The average molecular weight is 263 g/mol. The number of rotatable bonds is 3. The first-order valence-corrected chi connectivity index (χ1v) is 6.62. The molecule has 2 N–H and O–H groups in total. The minimum atomic E-state index is 0.0334. The van der Waals surface area contributed by atoms with E-state index >= 15 is 0 Å². The first-order valence-electron chi connectivity index (χ1n) is 6.62. The van der Waals surface area contributed by atoms with Gasteiger partial charge in [-0.3, -0.25) is 9.78 Å². The second-order valence-corrected chi connectivity index (χ2v) is 5.03. The number of pyridine rings is 1. The molecule has 1 aliphatic rings. The smallest absolute Gasteiger partial charge is 0.254 e. The highest BCUT2D eigenvalue weighted by Crippen LogP contribution is 2.21. The Kier molecular flexibility index (Phi) is 4.50. The molecular formula is C14H21N3O2. The number of likely N-dealkylation sites (tertiary alicyclic amines) is 1. The Bertz CT molecular complexity index is 450. The van der Waals surface area contributed by atoms with Crippen molar-refractivity contribution in [3.05, 3.63) is 29.6 Å². The number of nitrogens with zero attached hydrogens (tertiary/aromatic N) is 2. The molecule has 2 heterocycles. The summed E-state index contributed by atoms with van der Waals surface area (Å²) in [5.41, 5.74) is 6.94. The Hall–Kier alpha value is -1.46. The number of hydrogen-bond donors (Lipinski definition) is 1. The van der Waals surface area contributed by atoms with Gasteiger partial charge >= 0.3 is 0 Å². The van der Waals surface area contributed by atoms with Crippen LogP contribution in [0.4, 0.5) is 0 Å². The molecule has 19 heavy (non-hydrogen) atoms. The lowest BCUT2D eigenvalue weighted by molar-refractivity contribution is -0.00157. The van der Waals surface area contributed by atoms with Gasteiger partial charge in [-0.2, -0.15) is 0 Å². The van der Waals surface area contributed by atoms with Crippen LogP contribution in [0.25, 0.3) is 0 Å². The lowest BCUT2D eigenvalue weighted by Gasteiger charge is -2.36. The Labute approximate surface area is 113 Å². The zero-order valence-corrected chi connectivity index (χ0v) is 11.5. The quantitative estimate of drug-likeness (QED) is 0.884. The van der Waals surface area contributed by atoms with E-state index in [0.29, 0.717) is 24.6 Å². The third-order valence-corrected chi connectivity index (χ3v) is 3.75. The predicted octanol–water partition coefficient (Wildman–Crippen LogP) is 1.04. The van der Waals surface area contributed by atoms with Crippen LogP contribution < -0.4 is 5.73 Å². The maximum Gasteiger partial charge on any atom is 0.254 e. The minimum absolute atomic E-state index is 0.0334. The molecule has 1 saturated heterocycles. The molecule has 104 valence electrons. The second-order valence-electron chi connectivity index (χ2n) is 5.03. The highest BCUT2D eigenvalue weighted by Gasteiger charge is 2.29. The van der Waals surface area contributed by atoms with Crippen molar-refractivity contribution in [2.24, 2.45) is 11.7 Å². The molecule has 1 aliphatic heterocycles. The van der Waals surface area contributed by atoms with Crippen molar-refractivity contribution in [1.29, 1.82) is 0 Å². The van der Waals surface area contributed by atoms with Gasteiger partial charge < -0.3 is 15.4 Å². The first kappa shape index (κ1) is 14.0. The highest BCUT2D eigenvalue weighted by atomic mass is 16.5. The van der Waals surface area contributed by atoms with Crippen LogP contribution in [0.1, 0.15) is 29.4 Å². The molecule has 0 aromatic carbocycles. The summed E-state index contributed by atoms with van der Waals surface area (Å²) in [7, 11) is 1.70. The topological polar surface area (TPSA) is 68.5 Å². The molecule has 1 aromatic heterocycles. The van der Waals surface area contributed by atoms with Crippen LogP contribution in [0, 0.1) is 5.92 Å². The van der Waals surface area contributed by atoms with Gasteiger partial charge in [-0.1, -0.05) is 6.92 Å². The zero-order chi connectivity index (χ0) is 13.8. The van der Waals surface area contributed by atoms with Crippen LogP contribution >= 0.6 is 0 Å². The van der Waals surface area contributed by atoms with Gasteiger partial charge in [-0.15, -0.1) is 0 Å². The van der Waals surface area contributed by atoms with Crippen molar-refractivity contribution < 1.29 is 9.53 Å². The SMILES string of the molecule is COC1CN(C(=O)c2ccnc(CN)c2)CCC1C. The molecular weight excluding hydrogens is 242 g/mol. The third-order valence-electron chi connectivity index (χ3n) is 3.75. The molecule has 0 saturated carbocycles. The molecule has 0 radical (unpaired) electrons. The maximum atomic E-state index is 12.4. The second kappa shape index (κ2) is 6.12. The van der Waals surface area contributed by atoms with Crippen LogP contribution in [0.15, 0.2) is 18.3 Å². The summed E-state index contributed by atoms with van der Waals surface area (Å²) in [6, 6.07) is 3.50. The Morgan fingerprint density at radius 2 is 2.42 bits per heavy atom. The van der Waals surface area contributed by atoms with E-state index < -0.39 is 0 Å². The molecule has 0 bridgehead atoms. The minimum Gasteiger partial charge on any atom is -0.379 e. The number of aromatic nitrogens is 1. The summed E-state index contributed by atoms with van der Waals surface area (Å²) in [6.07, 6.45) is 2.73. The van der Waals surface area contributed by atoms with Crippen LogP contribution in [0.3, 0.4) is 0 Å². The van der Waals surface area contributed by atoms with E-state index in [2.05, 4.69) is 11.9 Å². The fourth-order valence-electron chi connectivity index (χ4n) is 2.43.